The van der Waals surface area contributed by atoms with Crippen LogP contribution in [0, 0.1) is 0 Å². The molecule has 1 saturated heterocycles. The number of pyridine rings is 1. The molecule has 2 amide bonds. The molecule has 1 N–H and O–H groups in total. The van der Waals surface area contributed by atoms with E-state index in [9.17, 15) is 9.59 Å². The second-order valence-corrected chi connectivity index (χ2v) is 8.62. The zero-order chi connectivity index (χ0) is 25.8. The van der Waals surface area contributed by atoms with Gasteiger partial charge in [0.1, 0.15) is 17.9 Å². The summed E-state index contributed by atoms with van der Waals surface area (Å²) in [6.07, 6.45) is 2.89. The Morgan fingerprint density at radius 2 is 2.16 bits per heavy atom. The number of nitrogens with zero attached hydrogens (tertiary/aromatic N) is 5. The van der Waals surface area contributed by atoms with Gasteiger partial charge < -0.3 is 29.2 Å². The lowest BCUT2D eigenvalue weighted by Crippen LogP contribution is -2.44. The number of carbonyl (C=O) groups is 2. The topological polar surface area (TPSA) is 130 Å². The minimum Gasteiger partial charge on any atom is -0.493 e. The first-order valence-corrected chi connectivity index (χ1v) is 12.0. The van der Waals surface area contributed by atoms with E-state index in [1.807, 2.05) is 6.92 Å². The minimum absolute atomic E-state index is 0.179. The smallest absolute Gasteiger partial charge is 0.259 e. The third-order valence-electron chi connectivity index (χ3n) is 6.19. The first-order chi connectivity index (χ1) is 18.1. The van der Waals surface area contributed by atoms with E-state index >= 15 is 0 Å². The highest BCUT2D eigenvalue weighted by molar-refractivity contribution is 5.97. The fourth-order valence-electron chi connectivity index (χ4n) is 4.36. The average molecular weight is 509 g/mol. The molecule has 4 heterocycles. The van der Waals surface area contributed by atoms with Crippen LogP contribution in [0.3, 0.4) is 0 Å². The lowest BCUT2D eigenvalue weighted by Gasteiger charge is -2.20. The molecule has 0 unspecified atom stereocenters. The summed E-state index contributed by atoms with van der Waals surface area (Å²) in [6.45, 7) is 3.69. The number of amides is 2. The van der Waals surface area contributed by atoms with Gasteiger partial charge in [-0.3, -0.25) is 9.59 Å². The van der Waals surface area contributed by atoms with E-state index in [4.69, 9.17) is 18.9 Å². The van der Waals surface area contributed by atoms with E-state index in [2.05, 4.69) is 20.6 Å². The predicted octanol–water partition coefficient (Wildman–Crippen LogP) is 1.31. The summed E-state index contributed by atoms with van der Waals surface area (Å²) in [4.78, 5) is 32.5. The summed E-state index contributed by atoms with van der Waals surface area (Å²) < 4.78 is 24.6. The Labute approximate surface area is 213 Å². The Bertz CT molecular complexity index is 1280. The van der Waals surface area contributed by atoms with Gasteiger partial charge in [0.25, 0.3) is 11.8 Å². The van der Waals surface area contributed by atoms with Crippen molar-refractivity contribution in [2.45, 2.75) is 32.2 Å². The molecule has 12 heteroatoms. The van der Waals surface area contributed by atoms with Crippen molar-refractivity contribution in [1.82, 2.24) is 30.2 Å². The third kappa shape index (κ3) is 5.33. The van der Waals surface area contributed by atoms with Crippen molar-refractivity contribution < 1.29 is 28.5 Å². The molecule has 0 saturated carbocycles. The molecule has 0 spiro atoms. The molecule has 0 radical (unpaired) electrons. The summed E-state index contributed by atoms with van der Waals surface area (Å²) in [5.74, 6) is 0.678. The minimum atomic E-state index is -0.468. The number of hydrogen-bond donors (Lipinski definition) is 1. The number of aromatic nitrogens is 4. The molecule has 194 valence electrons. The maximum absolute atomic E-state index is 13.4. The maximum Gasteiger partial charge on any atom is 0.259 e. The number of benzene rings is 1. The second-order valence-electron chi connectivity index (χ2n) is 8.62. The van der Waals surface area contributed by atoms with E-state index in [0.29, 0.717) is 48.1 Å². The molecule has 37 heavy (non-hydrogen) atoms. The zero-order valence-corrected chi connectivity index (χ0v) is 20.6. The lowest BCUT2D eigenvalue weighted by atomic mass is 10.1. The van der Waals surface area contributed by atoms with E-state index in [-0.39, 0.29) is 37.4 Å². The fourth-order valence-corrected chi connectivity index (χ4v) is 4.36. The van der Waals surface area contributed by atoms with Crippen LogP contribution in [-0.2, 0) is 17.9 Å². The van der Waals surface area contributed by atoms with E-state index in [1.54, 1.807) is 59.4 Å². The van der Waals surface area contributed by atoms with Gasteiger partial charge in [-0.25, -0.2) is 9.67 Å². The van der Waals surface area contributed by atoms with Crippen LogP contribution in [0.4, 0.5) is 0 Å². The van der Waals surface area contributed by atoms with Gasteiger partial charge in [0, 0.05) is 24.8 Å². The lowest BCUT2D eigenvalue weighted by molar-refractivity contribution is 0.0291. The highest BCUT2D eigenvalue weighted by Crippen LogP contribution is 2.29. The molecule has 5 rings (SSSR count). The molecule has 2 aliphatic heterocycles. The van der Waals surface area contributed by atoms with Crippen LogP contribution in [-0.4, -0.2) is 82.3 Å². The van der Waals surface area contributed by atoms with Gasteiger partial charge >= 0.3 is 0 Å². The monoisotopic (exact) mass is 508 g/mol. The van der Waals surface area contributed by atoms with E-state index in [0.717, 1.165) is 0 Å². The quantitative estimate of drug-likeness (QED) is 0.554. The van der Waals surface area contributed by atoms with Crippen molar-refractivity contribution in [2.75, 3.05) is 33.4 Å². The Morgan fingerprint density at radius 3 is 3.00 bits per heavy atom. The Hall–Kier alpha value is -4.19. The third-order valence-corrected chi connectivity index (χ3v) is 6.19. The van der Waals surface area contributed by atoms with E-state index < -0.39 is 12.1 Å². The maximum atomic E-state index is 13.4. The van der Waals surface area contributed by atoms with Crippen molar-refractivity contribution >= 4 is 11.8 Å². The van der Waals surface area contributed by atoms with Crippen molar-refractivity contribution in [1.29, 1.82) is 0 Å². The van der Waals surface area contributed by atoms with Crippen LogP contribution < -0.4 is 19.5 Å². The van der Waals surface area contributed by atoms with Gasteiger partial charge in [0.05, 0.1) is 45.2 Å². The summed E-state index contributed by atoms with van der Waals surface area (Å²) in [5, 5.41) is 11.3. The highest BCUT2D eigenvalue weighted by atomic mass is 16.5. The molecule has 0 aliphatic carbocycles. The Balaban J connectivity index is 1.42. The molecular weight excluding hydrogens is 480 g/mol. The SMILES string of the molecule is CCOc1ncccc1C(=O)N1C[C@@H]2NC(=O)c3ccc(OC)c(c3)OCCn3cc(nn3)CO[C@H]2C1. The van der Waals surface area contributed by atoms with Crippen molar-refractivity contribution in [3.63, 3.8) is 0 Å². The number of methoxy groups -OCH3 is 1. The molecule has 2 atom stereocenters. The van der Waals surface area contributed by atoms with Crippen molar-refractivity contribution in [3.8, 4) is 17.4 Å². The Morgan fingerprint density at radius 1 is 1.27 bits per heavy atom. The second kappa shape index (κ2) is 10.8. The standard InChI is InChI=1S/C25H28N6O6/c1-3-35-24-18(5-4-8-26-24)25(33)30-13-19-22(14-30)37-15-17-12-31(29-28-17)9-10-36-21-11-16(23(32)27-19)6-7-20(21)34-2/h4-8,11-12,19,22H,3,9-10,13-15H2,1-2H3,(H,27,32)/t19-,22-/m0/s1. The first kappa shape index (κ1) is 24.5. The van der Waals surface area contributed by atoms with Gasteiger partial charge in [-0.1, -0.05) is 5.21 Å². The first-order valence-electron chi connectivity index (χ1n) is 12.0. The normalized spacial score (nSPS) is 19.6. The number of rotatable bonds is 4. The molecule has 1 fully saturated rings. The van der Waals surface area contributed by atoms with Crippen LogP contribution in [0.1, 0.15) is 33.3 Å². The van der Waals surface area contributed by atoms with E-state index in [1.165, 1.54) is 0 Å². The van der Waals surface area contributed by atoms with Gasteiger partial charge in [0.15, 0.2) is 11.5 Å². The highest BCUT2D eigenvalue weighted by Gasteiger charge is 2.38. The van der Waals surface area contributed by atoms with Crippen LogP contribution >= 0.6 is 0 Å². The van der Waals surface area contributed by atoms with Crippen LogP contribution in [0.15, 0.2) is 42.7 Å². The van der Waals surface area contributed by atoms with Crippen LogP contribution in [0.2, 0.25) is 0 Å². The number of likely N-dealkylation sites (tertiary alicyclic amines) is 1. The molecule has 2 aromatic heterocycles. The molecule has 1 aromatic carbocycles. The van der Waals surface area contributed by atoms with Gasteiger partial charge in [-0.2, -0.15) is 0 Å². The summed E-state index contributed by atoms with van der Waals surface area (Å²) in [5.41, 5.74) is 1.40. The van der Waals surface area contributed by atoms with Gasteiger partial charge in [-0.05, 0) is 37.3 Å². The van der Waals surface area contributed by atoms with Gasteiger partial charge in [0.2, 0.25) is 5.88 Å². The molecule has 3 aromatic rings. The largest absolute Gasteiger partial charge is 0.493 e. The van der Waals surface area contributed by atoms with Crippen LogP contribution in [0.5, 0.6) is 17.4 Å². The summed E-state index contributed by atoms with van der Waals surface area (Å²) in [6, 6.07) is 7.90. The molecule has 4 bridgehead atoms. The van der Waals surface area contributed by atoms with Crippen molar-refractivity contribution in [3.05, 3.63) is 59.5 Å². The number of nitrogens with one attached hydrogen (secondary N) is 1. The fraction of sp³-hybridized carbons (Fsp3) is 0.400. The predicted molar refractivity (Wildman–Crippen MR) is 130 cm³/mol. The summed E-state index contributed by atoms with van der Waals surface area (Å²) >= 11 is 0. The molecule has 12 nitrogen and oxygen atoms in total. The number of hydrogen-bond acceptors (Lipinski definition) is 9. The number of carbonyl (C=O) groups excluding carboxylic acids is 2. The number of ether oxygens (including phenoxy) is 4. The zero-order valence-electron chi connectivity index (χ0n) is 20.6. The average Bonchev–Trinajstić information content (AvgIpc) is 3.53. The molecule has 2 aliphatic rings. The number of fused-ring (bicyclic) bond motifs is 5. The van der Waals surface area contributed by atoms with Gasteiger partial charge in [-0.15, -0.1) is 5.10 Å². The summed E-state index contributed by atoms with van der Waals surface area (Å²) in [7, 11) is 1.54. The molecular formula is C25H28N6O6. The van der Waals surface area contributed by atoms with Crippen LogP contribution in [0.25, 0.3) is 0 Å². The Kier molecular flexibility index (Phi) is 7.17. The van der Waals surface area contributed by atoms with Crippen molar-refractivity contribution in [2.24, 2.45) is 0 Å².